The molecule has 4 aliphatic rings. The van der Waals surface area contributed by atoms with Crippen LogP contribution >= 0.6 is 0 Å². The highest BCUT2D eigenvalue weighted by Gasteiger charge is 2.48. The number of H-pyrrole nitrogens is 1. The van der Waals surface area contributed by atoms with Crippen LogP contribution in [0, 0.1) is 11.8 Å². The van der Waals surface area contributed by atoms with Crippen LogP contribution < -0.4 is 0 Å². The fraction of sp³-hybridized carbons (Fsp3) is 0.579. The standard InChI is InChI=1S/C19H24N2O/c1-2-12-7-11-8-16-18-14(5-6-21(10-11)19(12)16)15-9-13(22)3-4-17(15)20-18/h3-4,9,11-12,16,19-20,22H,2,5-8,10H2,1H3/t11-,12+,16+,19+/m0/s1. The van der Waals surface area contributed by atoms with Crippen molar-refractivity contribution in [3.8, 4) is 5.75 Å². The molecular weight excluding hydrogens is 272 g/mol. The zero-order chi connectivity index (χ0) is 14.8. The van der Waals surface area contributed by atoms with Crippen molar-refractivity contribution in [3.05, 3.63) is 29.5 Å². The third-order valence-corrected chi connectivity index (χ3v) is 6.50. The van der Waals surface area contributed by atoms with Crippen LogP contribution in [0.2, 0.25) is 0 Å². The summed E-state index contributed by atoms with van der Waals surface area (Å²) in [6.45, 7) is 4.86. The van der Waals surface area contributed by atoms with E-state index in [9.17, 15) is 5.11 Å². The van der Waals surface area contributed by atoms with E-state index in [4.69, 9.17) is 0 Å². The highest BCUT2D eigenvalue weighted by Crippen LogP contribution is 2.51. The molecule has 3 fully saturated rings. The highest BCUT2D eigenvalue weighted by molar-refractivity contribution is 5.86. The van der Waals surface area contributed by atoms with Crippen LogP contribution in [0.3, 0.4) is 0 Å². The number of phenols is 1. The molecule has 0 spiro atoms. The van der Waals surface area contributed by atoms with Gasteiger partial charge in [-0.05, 0) is 54.9 Å². The normalized spacial score (nSPS) is 36.3. The Labute approximate surface area is 131 Å². The quantitative estimate of drug-likeness (QED) is 0.843. The molecule has 3 heteroatoms. The van der Waals surface area contributed by atoms with Gasteiger partial charge in [-0.1, -0.05) is 13.3 Å². The molecule has 22 heavy (non-hydrogen) atoms. The molecule has 2 N–H and O–H groups in total. The number of hydrogen-bond donors (Lipinski definition) is 2. The van der Waals surface area contributed by atoms with Gasteiger partial charge in [-0.15, -0.1) is 0 Å². The minimum atomic E-state index is 0.384. The molecule has 2 saturated heterocycles. The van der Waals surface area contributed by atoms with Crippen molar-refractivity contribution < 1.29 is 5.11 Å². The number of benzene rings is 1. The van der Waals surface area contributed by atoms with Crippen molar-refractivity contribution >= 4 is 10.9 Å². The Bertz CT molecular complexity index is 734. The van der Waals surface area contributed by atoms with Crippen LogP contribution in [0.4, 0.5) is 0 Å². The fourth-order valence-corrected chi connectivity index (χ4v) is 5.68. The summed E-state index contributed by atoms with van der Waals surface area (Å²) in [4.78, 5) is 6.51. The molecule has 2 aromatic rings. The van der Waals surface area contributed by atoms with Crippen LogP contribution in [0.5, 0.6) is 5.75 Å². The second-order valence-electron chi connectivity index (χ2n) is 7.59. The topological polar surface area (TPSA) is 39.3 Å². The van der Waals surface area contributed by atoms with Crippen LogP contribution in [-0.4, -0.2) is 34.1 Å². The highest BCUT2D eigenvalue weighted by atomic mass is 16.3. The number of nitrogens with one attached hydrogen (secondary N) is 1. The molecule has 6 rings (SSSR count). The van der Waals surface area contributed by atoms with Crippen LogP contribution in [0.15, 0.2) is 18.2 Å². The van der Waals surface area contributed by atoms with E-state index < -0.39 is 0 Å². The monoisotopic (exact) mass is 296 g/mol. The third kappa shape index (κ3) is 1.66. The van der Waals surface area contributed by atoms with Crippen molar-refractivity contribution in [3.63, 3.8) is 0 Å². The maximum absolute atomic E-state index is 9.87. The molecule has 1 unspecified atom stereocenters. The lowest BCUT2D eigenvalue weighted by molar-refractivity contribution is -0.0134. The number of rotatable bonds is 1. The number of aromatic amines is 1. The summed E-state index contributed by atoms with van der Waals surface area (Å²) in [5.74, 6) is 2.80. The average Bonchev–Trinajstić information content (AvgIpc) is 2.85. The van der Waals surface area contributed by atoms with Gasteiger partial charge in [0, 0.05) is 41.6 Å². The Kier molecular flexibility index (Phi) is 2.67. The van der Waals surface area contributed by atoms with Crippen LogP contribution in [0.25, 0.3) is 10.9 Å². The summed E-state index contributed by atoms with van der Waals surface area (Å²) in [5.41, 5.74) is 4.16. The van der Waals surface area contributed by atoms with E-state index in [1.807, 2.05) is 12.1 Å². The number of aromatic hydroxyl groups is 1. The summed E-state index contributed by atoms with van der Waals surface area (Å²) in [5, 5.41) is 11.1. The van der Waals surface area contributed by atoms with Gasteiger partial charge in [0.15, 0.2) is 0 Å². The number of phenolic OH excluding ortho intramolecular Hbond substituents is 1. The molecule has 4 heterocycles. The van der Waals surface area contributed by atoms with Crippen molar-refractivity contribution in [1.82, 2.24) is 9.88 Å². The minimum Gasteiger partial charge on any atom is -0.508 e. The molecule has 1 aromatic heterocycles. The molecule has 5 atom stereocenters. The summed E-state index contributed by atoms with van der Waals surface area (Å²) >= 11 is 0. The predicted molar refractivity (Wildman–Crippen MR) is 88.3 cm³/mol. The molecular formula is C19H24N2O. The van der Waals surface area contributed by atoms with Crippen molar-refractivity contribution in [2.45, 2.75) is 44.6 Å². The largest absolute Gasteiger partial charge is 0.508 e. The Hall–Kier alpha value is -1.48. The second-order valence-corrected chi connectivity index (χ2v) is 7.59. The first-order valence-corrected chi connectivity index (χ1v) is 8.82. The smallest absolute Gasteiger partial charge is 0.116 e. The van der Waals surface area contributed by atoms with Gasteiger partial charge in [-0.25, -0.2) is 0 Å². The Morgan fingerprint density at radius 3 is 3.09 bits per heavy atom. The van der Waals surface area contributed by atoms with Gasteiger partial charge in [0.1, 0.15) is 5.75 Å². The van der Waals surface area contributed by atoms with E-state index >= 15 is 0 Å². The lowest BCUT2D eigenvalue weighted by Gasteiger charge is -2.53. The lowest BCUT2D eigenvalue weighted by Crippen LogP contribution is -2.56. The SMILES string of the molecule is CC[C@@H]1C[C@H]2C[C@@H]3c4[nH]c5ccc(O)cc5c4CCN(C2)[C@H]13. The average molecular weight is 296 g/mol. The van der Waals surface area contributed by atoms with Crippen molar-refractivity contribution in [2.24, 2.45) is 11.8 Å². The Morgan fingerprint density at radius 1 is 1.32 bits per heavy atom. The molecule has 1 aliphatic carbocycles. The van der Waals surface area contributed by atoms with E-state index in [1.54, 1.807) is 6.07 Å². The third-order valence-electron chi connectivity index (χ3n) is 6.50. The maximum Gasteiger partial charge on any atom is 0.116 e. The number of aromatic nitrogens is 1. The van der Waals surface area contributed by atoms with Gasteiger partial charge in [0.05, 0.1) is 0 Å². The van der Waals surface area contributed by atoms with Crippen molar-refractivity contribution in [2.75, 3.05) is 13.1 Å². The first kappa shape index (κ1) is 13.0. The minimum absolute atomic E-state index is 0.384. The molecule has 1 aromatic carbocycles. The van der Waals surface area contributed by atoms with Crippen molar-refractivity contribution in [1.29, 1.82) is 0 Å². The van der Waals surface area contributed by atoms with E-state index in [0.717, 1.165) is 24.3 Å². The molecule has 116 valence electrons. The Morgan fingerprint density at radius 2 is 2.23 bits per heavy atom. The number of hydrogen-bond acceptors (Lipinski definition) is 2. The van der Waals surface area contributed by atoms with E-state index in [-0.39, 0.29) is 0 Å². The first-order valence-electron chi connectivity index (χ1n) is 8.82. The predicted octanol–water partition coefficient (Wildman–Crippen LogP) is 3.63. The lowest BCUT2D eigenvalue weighted by atomic mass is 9.65. The number of fused-ring (bicyclic) bond motifs is 4. The number of nitrogens with zero attached hydrogens (tertiary/aromatic N) is 1. The van der Waals surface area contributed by atoms with Gasteiger partial charge in [0.25, 0.3) is 0 Å². The molecule has 0 radical (unpaired) electrons. The van der Waals surface area contributed by atoms with Gasteiger partial charge in [-0.3, -0.25) is 4.90 Å². The van der Waals surface area contributed by atoms with Crippen LogP contribution in [0.1, 0.15) is 43.4 Å². The van der Waals surface area contributed by atoms with E-state index in [1.165, 1.54) is 54.5 Å². The van der Waals surface area contributed by atoms with Gasteiger partial charge in [-0.2, -0.15) is 0 Å². The molecule has 1 saturated carbocycles. The summed E-state index contributed by atoms with van der Waals surface area (Å²) in [7, 11) is 0. The van der Waals surface area contributed by atoms with Gasteiger partial charge in [0.2, 0.25) is 0 Å². The number of piperidine rings is 2. The van der Waals surface area contributed by atoms with E-state index in [2.05, 4.69) is 16.8 Å². The Balaban J connectivity index is 1.69. The van der Waals surface area contributed by atoms with Gasteiger partial charge >= 0.3 is 0 Å². The maximum atomic E-state index is 9.87. The zero-order valence-corrected chi connectivity index (χ0v) is 13.2. The zero-order valence-electron chi connectivity index (χ0n) is 13.2. The summed E-state index contributed by atoms with van der Waals surface area (Å²) in [6.07, 6.45) is 5.22. The van der Waals surface area contributed by atoms with Crippen LogP contribution in [-0.2, 0) is 6.42 Å². The fourth-order valence-electron chi connectivity index (χ4n) is 5.68. The molecule has 3 nitrogen and oxygen atoms in total. The second kappa shape index (κ2) is 4.51. The van der Waals surface area contributed by atoms with E-state index in [0.29, 0.717) is 11.7 Å². The molecule has 4 bridgehead atoms. The summed E-state index contributed by atoms with van der Waals surface area (Å²) < 4.78 is 0. The first-order chi connectivity index (χ1) is 10.7. The van der Waals surface area contributed by atoms with Gasteiger partial charge < -0.3 is 10.1 Å². The molecule has 3 aliphatic heterocycles. The summed E-state index contributed by atoms with van der Waals surface area (Å²) in [6, 6.07) is 6.52. The molecule has 0 amide bonds.